The smallest absolute Gasteiger partial charge is 0.340 e. The minimum atomic E-state index is -2.15. The minimum absolute atomic E-state index is 0.0818. The van der Waals surface area contributed by atoms with E-state index in [1.165, 1.54) is 5.57 Å². The van der Waals surface area contributed by atoms with Crippen LogP contribution in [0.25, 0.3) is 0 Å². The molecule has 7 rings (SSSR count). The summed E-state index contributed by atoms with van der Waals surface area (Å²) in [5.41, 5.74) is -0.995. The van der Waals surface area contributed by atoms with E-state index in [1.807, 2.05) is 0 Å². The van der Waals surface area contributed by atoms with E-state index in [-0.39, 0.29) is 39.4 Å². The molecule has 0 aromatic rings. The van der Waals surface area contributed by atoms with Crippen LogP contribution in [0, 0.1) is 50.2 Å². The molecule has 6 fully saturated rings. The zero-order valence-corrected chi connectivity index (χ0v) is 42.2. The lowest BCUT2D eigenvalue weighted by Crippen LogP contribution is -2.66. The van der Waals surface area contributed by atoms with Gasteiger partial charge in [-0.25, -0.2) is 14.4 Å². The molecule has 0 amide bonds. The Labute approximate surface area is 409 Å². The van der Waals surface area contributed by atoms with Gasteiger partial charge >= 0.3 is 23.9 Å². The molecule has 7 N–H and O–H groups in total. The molecule has 70 heavy (non-hydrogen) atoms. The van der Waals surface area contributed by atoms with Crippen LogP contribution < -0.4 is 0 Å². The van der Waals surface area contributed by atoms with E-state index in [4.69, 9.17) is 33.2 Å². The van der Waals surface area contributed by atoms with Crippen molar-refractivity contribution in [3.05, 3.63) is 11.6 Å². The summed E-state index contributed by atoms with van der Waals surface area (Å²) < 4.78 is 49.6. The first-order chi connectivity index (χ1) is 32.7. The van der Waals surface area contributed by atoms with E-state index in [0.29, 0.717) is 25.7 Å². The third-order valence-electron chi connectivity index (χ3n) is 18.9. The van der Waals surface area contributed by atoms with E-state index >= 15 is 0 Å². The number of methoxy groups -OCH3 is 3. The summed E-state index contributed by atoms with van der Waals surface area (Å²) in [5.74, 6) is -3.46. The van der Waals surface area contributed by atoms with Gasteiger partial charge in [0.15, 0.2) is 18.7 Å². The van der Waals surface area contributed by atoms with Gasteiger partial charge in [0.25, 0.3) is 0 Å². The second kappa shape index (κ2) is 20.1. The molecule has 7 aliphatic rings. The monoisotopic (exact) mass is 999 g/mol. The maximum absolute atomic E-state index is 14.7. The molecule has 0 bridgehead atoms. The summed E-state index contributed by atoms with van der Waals surface area (Å²) in [4.78, 5) is 52.1. The van der Waals surface area contributed by atoms with Crippen LogP contribution in [0.3, 0.4) is 0 Å². The van der Waals surface area contributed by atoms with Gasteiger partial charge in [-0.2, -0.15) is 0 Å². The zero-order chi connectivity index (χ0) is 51.7. The normalized spacial score (nSPS) is 44.9. The molecule has 0 spiro atoms. The van der Waals surface area contributed by atoms with Crippen LogP contribution in [0.15, 0.2) is 11.6 Å². The third kappa shape index (κ3) is 9.15. The first-order valence-electron chi connectivity index (χ1n) is 24.8. The summed E-state index contributed by atoms with van der Waals surface area (Å²) >= 11 is 0. The lowest BCUT2D eigenvalue weighted by Gasteiger charge is -2.71. The molecule has 0 radical (unpaired) electrons. The molecule has 5 aliphatic carbocycles. The van der Waals surface area contributed by atoms with Crippen molar-refractivity contribution in [3.8, 4) is 0 Å². The van der Waals surface area contributed by atoms with Crippen LogP contribution in [0.2, 0.25) is 0 Å². The van der Waals surface area contributed by atoms with E-state index in [2.05, 4.69) is 64.0 Å². The number of aliphatic hydroxyl groups excluding tert-OH is 7. The Hall–Kier alpha value is -2.86. The number of esters is 4. The van der Waals surface area contributed by atoms with Gasteiger partial charge in [-0.05, 0) is 109 Å². The second-order valence-corrected chi connectivity index (χ2v) is 23.2. The van der Waals surface area contributed by atoms with Crippen LogP contribution >= 0.6 is 0 Å². The van der Waals surface area contributed by atoms with Gasteiger partial charge in [0.2, 0.25) is 12.4 Å². The van der Waals surface area contributed by atoms with Crippen LogP contribution in [0.5, 0.6) is 0 Å². The zero-order valence-electron chi connectivity index (χ0n) is 42.2. The molecule has 398 valence electrons. The number of carbonyl (C=O) groups excluding carboxylic acids is 4. The first-order valence-corrected chi connectivity index (χ1v) is 24.8. The van der Waals surface area contributed by atoms with Crippen LogP contribution in [-0.4, -0.2) is 174 Å². The quantitative estimate of drug-likeness (QED) is 0.0453. The number of hydrogen-bond acceptors (Lipinski definition) is 20. The lowest BCUT2D eigenvalue weighted by atomic mass is 9.33. The summed E-state index contributed by atoms with van der Waals surface area (Å²) in [6, 6.07) is 0. The Morgan fingerprint density at radius 1 is 0.757 bits per heavy atom. The van der Waals surface area contributed by atoms with Crippen molar-refractivity contribution in [2.24, 2.45) is 50.2 Å². The predicted octanol–water partition coefficient (Wildman–Crippen LogP) is 1.57. The Morgan fingerprint density at radius 2 is 1.44 bits per heavy atom. The van der Waals surface area contributed by atoms with Crippen LogP contribution in [0.4, 0.5) is 0 Å². The highest BCUT2D eigenvalue weighted by Gasteiger charge is 2.70. The number of fused-ring (bicyclic) bond motifs is 7. The van der Waals surface area contributed by atoms with E-state index in [1.54, 1.807) is 0 Å². The van der Waals surface area contributed by atoms with E-state index < -0.39 is 128 Å². The largest absolute Gasteiger partial charge is 0.467 e. The SMILES string of the molecule is COC(=O)CO[C@@H](O[C@@H]1[C@@H](O)[C@H](O[C@H]2CC[C@]3(C)[C@H]4CC=C5[C@@H]6CC(C)(C)CC[C@]6(C(=O)O[C@@H]6O[C@H](CO)[C@@H](O)[C@H](O)[C@H]6O)CC[C@@]5(C)[C@]4(C)CC[C@H]3C2(C)C)O[C@H](C(=O)OC)[C@H]1O)[C@H](O)C(=O)OC. The minimum Gasteiger partial charge on any atom is -0.467 e. The Morgan fingerprint density at radius 3 is 2.09 bits per heavy atom. The number of ether oxygens (including phenoxy) is 9. The second-order valence-electron chi connectivity index (χ2n) is 23.2. The average molecular weight is 999 g/mol. The molecule has 4 saturated carbocycles. The summed E-state index contributed by atoms with van der Waals surface area (Å²) in [6.07, 6.45) is -11.8. The van der Waals surface area contributed by atoms with Crippen molar-refractivity contribution in [1.82, 2.24) is 0 Å². The topological polar surface area (TPSA) is 293 Å². The standard InChI is InChI=1S/C50H78O20/c1-45(2)17-19-50(44(61)70-42-33(55)32(54)31(53)26(22-51)66-42)20-18-48(6)24(25(50)21-45)11-12-28-47(5)15-14-29(46(3,4)27(47)13-16-49(28,48)7)67-43-35(57)37(34(56)38(69-43)40(60)64-10)68-41(36(58)39(59)63-9)65-23-30(52)62-8/h11,25-29,31-38,41-43,51,53-58H,12-23H2,1-10H3/t25-,26+,27-,28+,29-,31+,32-,33+,34-,35+,36+,37-,38-,41-,42-,43+,47-,48+,49+,50-/m0/s1. The average Bonchev–Trinajstić information content (AvgIpc) is 3.32. The highest BCUT2D eigenvalue weighted by Crippen LogP contribution is 2.76. The van der Waals surface area contributed by atoms with Crippen molar-refractivity contribution in [1.29, 1.82) is 0 Å². The first kappa shape index (κ1) is 54.9. The fourth-order valence-corrected chi connectivity index (χ4v) is 14.6. The van der Waals surface area contributed by atoms with Gasteiger partial charge in [-0.3, -0.25) is 4.79 Å². The van der Waals surface area contributed by atoms with Gasteiger partial charge in [0.05, 0.1) is 39.5 Å². The highest BCUT2D eigenvalue weighted by atomic mass is 16.7. The predicted molar refractivity (Wildman–Crippen MR) is 241 cm³/mol. The maximum Gasteiger partial charge on any atom is 0.340 e. The molecule has 2 heterocycles. The Kier molecular flexibility index (Phi) is 15.8. The Balaban J connectivity index is 1.13. The number of hydrogen-bond donors (Lipinski definition) is 7. The molecule has 2 saturated heterocycles. The van der Waals surface area contributed by atoms with Crippen molar-refractivity contribution >= 4 is 23.9 Å². The van der Waals surface area contributed by atoms with Crippen molar-refractivity contribution in [2.75, 3.05) is 34.5 Å². The number of allylic oxidation sites excluding steroid dienone is 2. The molecule has 20 heteroatoms. The lowest BCUT2D eigenvalue weighted by molar-refractivity contribution is -0.346. The van der Waals surface area contributed by atoms with Gasteiger partial charge in [0.1, 0.15) is 49.3 Å². The van der Waals surface area contributed by atoms with E-state index in [9.17, 15) is 54.9 Å². The summed E-state index contributed by atoms with van der Waals surface area (Å²) in [7, 11) is 3.19. The molecule has 0 unspecified atom stereocenters. The molecular formula is C50H78O20. The van der Waals surface area contributed by atoms with Crippen LogP contribution in [-0.2, 0) is 61.8 Å². The number of aliphatic hydroxyl groups is 7. The highest BCUT2D eigenvalue weighted by molar-refractivity contribution is 5.79. The van der Waals surface area contributed by atoms with E-state index in [0.717, 1.165) is 59.9 Å². The van der Waals surface area contributed by atoms with Crippen molar-refractivity contribution < 1.29 is 97.6 Å². The fourth-order valence-electron chi connectivity index (χ4n) is 14.6. The van der Waals surface area contributed by atoms with Gasteiger partial charge in [0, 0.05) is 0 Å². The molecule has 2 aliphatic heterocycles. The van der Waals surface area contributed by atoms with Crippen molar-refractivity contribution in [3.63, 3.8) is 0 Å². The molecular weight excluding hydrogens is 921 g/mol. The number of carbonyl (C=O) groups is 4. The molecule has 0 aromatic heterocycles. The number of rotatable bonds is 13. The van der Waals surface area contributed by atoms with Gasteiger partial charge < -0.3 is 78.4 Å². The maximum atomic E-state index is 14.7. The Bertz CT molecular complexity index is 1970. The molecule has 0 aromatic carbocycles. The summed E-state index contributed by atoms with van der Waals surface area (Å²) in [6.45, 7) is 14.4. The molecule has 20 nitrogen and oxygen atoms in total. The van der Waals surface area contributed by atoms with Gasteiger partial charge in [-0.15, -0.1) is 0 Å². The van der Waals surface area contributed by atoms with Crippen LogP contribution in [0.1, 0.15) is 113 Å². The van der Waals surface area contributed by atoms with Crippen molar-refractivity contribution in [2.45, 2.75) is 193 Å². The summed E-state index contributed by atoms with van der Waals surface area (Å²) in [5, 5.41) is 75.6. The molecule has 20 atom stereocenters. The van der Waals surface area contributed by atoms with Gasteiger partial charge in [-0.1, -0.05) is 60.1 Å². The third-order valence-corrected chi connectivity index (χ3v) is 18.9. The fraction of sp³-hybridized carbons (Fsp3) is 0.880.